The van der Waals surface area contributed by atoms with Gasteiger partial charge in [-0.1, -0.05) is 37.1 Å². The van der Waals surface area contributed by atoms with Crippen molar-refractivity contribution < 1.29 is 0 Å². The first-order valence-corrected chi connectivity index (χ1v) is 8.47. The Bertz CT molecular complexity index is 441. The van der Waals surface area contributed by atoms with E-state index in [0.717, 1.165) is 49.4 Å². The second-order valence-electron chi connectivity index (χ2n) is 5.48. The summed E-state index contributed by atoms with van der Waals surface area (Å²) in [5, 5.41) is 5.06. The zero-order valence-electron chi connectivity index (χ0n) is 12.6. The molecule has 1 fully saturated rings. The Morgan fingerprint density at radius 3 is 2.48 bits per heavy atom. The molecule has 0 radical (unpaired) electrons. The van der Waals surface area contributed by atoms with Crippen molar-refractivity contribution in [1.82, 2.24) is 15.1 Å². The molecular formula is C16H24ClN3S. The molecule has 0 spiro atoms. The number of unbranched alkanes of at least 4 members (excludes halogenated alkanes) is 1. The van der Waals surface area contributed by atoms with Crippen LogP contribution in [0.15, 0.2) is 24.3 Å². The zero-order chi connectivity index (χ0) is 15.1. The molecule has 0 amide bonds. The molecule has 5 heteroatoms. The molecule has 1 aromatic carbocycles. The molecule has 1 aliphatic rings. The minimum absolute atomic E-state index is 0.798. The van der Waals surface area contributed by atoms with Gasteiger partial charge in [-0.2, -0.15) is 0 Å². The van der Waals surface area contributed by atoms with E-state index in [1.807, 2.05) is 12.1 Å². The number of piperazine rings is 1. The van der Waals surface area contributed by atoms with Crippen molar-refractivity contribution in [3.05, 3.63) is 34.9 Å². The summed E-state index contributed by atoms with van der Waals surface area (Å²) in [5.74, 6) is 0. The third kappa shape index (κ3) is 5.46. The third-order valence-electron chi connectivity index (χ3n) is 3.79. The fourth-order valence-electron chi connectivity index (χ4n) is 2.44. The molecule has 0 aromatic heterocycles. The molecule has 1 N–H and O–H groups in total. The molecule has 1 aliphatic heterocycles. The van der Waals surface area contributed by atoms with Crippen LogP contribution in [0, 0.1) is 0 Å². The van der Waals surface area contributed by atoms with Crippen molar-refractivity contribution in [2.75, 3.05) is 32.7 Å². The van der Waals surface area contributed by atoms with Gasteiger partial charge in [-0.25, -0.2) is 0 Å². The van der Waals surface area contributed by atoms with Gasteiger partial charge in [0, 0.05) is 44.3 Å². The quantitative estimate of drug-likeness (QED) is 0.662. The first-order chi connectivity index (χ1) is 10.2. The van der Waals surface area contributed by atoms with Crippen LogP contribution < -0.4 is 5.32 Å². The van der Waals surface area contributed by atoms with E-state index in [4.69, 9.17) is 23.8 Å². The van der Waals surface area contributed by atoms with Crippen LogP contribution in [0.4, 0.5) is 0 Å². The van der Waals surface area contributed by atoms with E-state index >= 15 is 0 Å². The highest BCUT2D eigenvalue weighted by Crippen LogP contribution is 2.13. The summed E-state index contributed by atoms with van der Waals surface area (Å²) in [4.78, 5) is 4.75. The van der Waals surface area contributed by atoms with Crippen molar-refractivity contribution >= 4 is 28.9 Å². The topological polar surface area (TPSA) is 18.5 Å². The minimum Gasteiger partial charge on any atom is -0.363 e. The number of nitrogens with zero attached hydrogens (tertiary/aromatic N) is 2. The lowest BCUT2D eigenvalue weighted by molar-refractivity contribution is 0.174. The van der Waals surface area contributed by atoms with Crippen molar-refractivity contribution in [2.24, 2.45) is 0 Å². The smallest absolute Gasteiger partial charge is 0.169 e. The Balaban J connectivity index is 1.72. The van der Waals surface area contributed by atoms with E-state index < -0.39 is 0 Å². The summed E-state index contributed by atoms with van der Waals surface area (Å²) in [6, 6.07) is 8.12. The highest BCUT2D eigenvalue weighted by molar-refractivity contribution is 7.80. The third-order valence-corrected chi connectivity index (χ3v) is 4.44. The fourth-order valence-corrected chi connectivity index (χ4v) is 2.85. The predicted octanol–water partition coefficient (Wildman–Crippen LogP) is 3.13. The number of rotatable bonds is 5. The van der Waals surface area contributed by atoms with Crippen LogP contribution >= 0.6 is 23.8 Å². The predicted molar refractivity (Wildman–Crippen MR) is 93.8 cm³/mol. The van der Waals surface area contributed by atoms with Gasteiger partial charge in [0.25, 0.3) is 0 Å². The highest BCUT2D eigenvalue weighted by atomic mass is 35.5. The largest absolute Gasteiger partial charge is 0.363 e. The van der Waals surface area contributed by atoms with Crippen LogP contribution in [-0.2, 0) is 6.54 Å². The average molecular weight is 326 g/mol. The van der Waals surface area contributed by atoms with Gasteiger partial charge < -0.3 is 10.2 Å². The standard InChI is InChI=1S/C16H24ClN3S/c1-2-3-8-18-16(21)20-11-9-19(10-12-20)13-14-4-6-15(17)7-5-14/h4-7H,2-3,8-13H2,1H3,(H,18,21). The maximum atomic E-state index is 5.92. The van der Waals surface area contributed by atoms with Gasteiger partial charge in [-0.3, -0.25) is 4.90 Å². The molecule has 1 heterocycles. The molecule has 116 valence electrons. The number of nitrogens with one attached hydrogen (secondary N) is 1. The average Bonchev–Trinajstić information content (AvgIpc) is 2.50. The monoisotopic (exact) mass is 325 g/mol. The van der Waals surface area contributed by atoms with Gasteiger partial charge in [-0.15, -0.1) is 0 Å². The van der Waals surface area contributed by atoms with E-state index in [1.165, 1.54) is 18.4 Å². The Hall–Kier alpha value is -0.840. The number of hydrogen-bond acceptors (Lipinski definition) is 2. The summed E-state index contributed by atoms with van der Waals surface area (Å²) < 4.78 is 0. The fraction of sp³-hybridized carbons (Fsp3) is 0.562. The molecular weight excluding hydrogens is 302 g/mol. The van der Waals surface area contributed by atoms with Crippen LogP contribution in [0.2, 0.25) is 5.02 Å². The number of benzene rings is 1. The van der Waals surface area contributed by atoms with E-state index in [0.29, 0.717) is 0 Å². The van der Waals surface area contributed by atoms with Crippen LogP contribution in [0.3, 0.4) is 0 Å². The van der Waals surface area contributed by atoms with Crippen LogP contribution in [0.1, 0.15) is 25.3 Å². The van der Waals surface area contributed by atoms with E-state index in [9.17, 15) is 0 Å². The maximum Gasteiger partial charge on any atom is 0.169 e. The molecule has 0 saturated carbocycles. The molecule has 0 unspecified atom stereocenters. The summed E-state index contributed by atoms with van der Waals surface area (Å²) in [6.07, 6.45) is 2.38. The van der Waals surface area contributed by atoms with E-state index in [-0.39, 0.29) is 0 Å². The SMILES string of the molecule is CCCCNC(=S)N1CCN(Cc2ccc(Cl)cc2)CC1. The van der Waals surface area contributed by atoms with E-state index in [1.54, 1.807) is 0 Å². The first kappa shape index (κ1) is 16.5. The van der Waals surface area contributed by atoms with Crippen molar-refractivity contribution in [2.45, 2.75) is 26.3 Å². The summed E-state index contributed by atoms with van der Waals surface area (Å²) in [7, 11) is 0. The van der Waals surface area contributed by atoms with E-state index in [2.05, 4.69) is 34.2 Å². The molecule has 1 saturated heterocycles. The Labute approximate surface area is 138 Å². The van der Waals surface area contributed by atoms with Gasteiger partial charge in [0.05, 0.1) is 0 Å². The lowest BCUT2D eigenvalue weighted by Gasteiger charge is -2.36. The van der Waals surface area contributed by atoms with Crippen molar-refractivity contribution in [1.29, 1.82) is 0 Å². The lowest BCUT2D eigenvalue weighted by atomic mass is 10.2. The highest BCUT2D eigenvalue weighted by Gasteiger charge is 2.18. The van der Waals surface area contributed by atoms with Crippen molar-refractivity contribution in [3.8, 4) is 0 Å². The summed E-state index contributed by atoms with van der Waals surface area (Å²) in [6.45, 7) is 8.29. The number of hydrogen-bond donors (Lipinski definition) is 1. The van der Waals surface area contributed by atoms with Gasteiger partial charge in [0.1, 0.15) is 0 Å². The normalized spacial score (nSPS) is 16.0. The van der Waals surface area contributed by atoms with Crippen LogP contribution in [0.25, 0.3) is 0 Å². The molecule has 1 aromatic rings. The molecule has 0 atom stereocenters. The van der Waals surface area contributed by atoms with Gasteiger partial charge in [-0.05, 0) is 36.3 Å². The lowest BCUT2D eigenvalue weighted by Crippen LogP contribution is -2.51. The Morgan fingerprint density at radius 1 is 1.19 bits per heavy atom. The molecule has 0 aliphatic carbocycles. The van der Waals surface area contributed by atoms with Gasteiger partial charge in [0.15, 0.2) is 5.11 Å². The minimum atomic E-state index is 0.798. The number of halogens is 1. The van der Waals surface area contributed by atoms with Gasteiger partial charge in [0.2, 0.25) is 0 Å². The molecule has 3 nitrogen and oxygen atoms in total. The molecule has 2 rings (SSSR count). The molecule has 21 heavy (non-hydrogen) atoms. The first-order valence-electron chi connectivity index (χ1n) is 7.68. The summed E-state index contributed by atoms with van der Waals surface area (Å²) >= 11 is 11.4. The Kier molecular flexibility index (Phi) is 6.74. The van der Waals surface area contributed by atoms with Crippen LogP contribution in [0.5, 0.6) is 0 Å². The van der Waals surface area contributed by atoms with Gasteiger partial charge >= 0.3 is 0 Å². The zero-order valence-corrected chi connectivity index (χ0v) is 14.2. The molecule has 0 bridgehead atoms. The number of thiocarbonyl (C=S) groups is 1. The maximum absolute atomic E-state index is 5.92. The van der Waals surface area contributed by atoms with Crippen LogP contribution in [-0.4, -0.2) is 47.6 Å². The second kappa shape index (κ2) is 8.57. The van der Waals surface area contributed by atoms with Crippen molar-refractivity contribution in [3.63, 3.8) is 0 Å². The Morgan fingerprint density at radius 2 is 1.86 bits per heavy atom. The second-order valence-corrected chi connectivity index (χ2v) is 6.30. The summed E-state index contributed by atoms with van der Waals surface area (Å²) in [5.41, 5.74) is 1.32.